The van der Waals surface area contributed by atoms with Crippen LogP contribution in [0.15, 0.2) is 59.7 Å². The second kappa shape index (κ2) is 11.9. The van der Waals surface area contributed by atoms with E-state index in [0.717, 1.165) is 50.7 Å². The van der Waals surface area contributed by atoms with Crippen LogP contribution in [0.3, 0.4) is 0 Å². The minimum absolute atomic E-state index is 0.232. The Labute approximate surface area is 257 Å². The molecule has 1 aliphatic heterocycles. The van der Waals surface area contributed by atoms with Crippen LogP contribution in [0.1, 0.15) is 42.6 Å². The van der Waals surface area contributed by atoms with Crippen LogP contribution >= 0.6 is 22.9 Å². The molecule has 0 saturated carbocycles. The average molecular weight is 616 g/mol. The van der Waals surface area contributed by atoms with E-state index in [1.54, 1.807) is 27.9 Å². The number of carboxylic acids is 1. The number of aromatic nitrogens is 3. The van der Waals surface area contributed by atoms with E-state index in [4.69, 9.17) is 21.3 Å². The fourth-order valence-corrected chi connectivity index (χ4v) is 6.72. The molecule has 43 heavy (non-hydrogen) atoms. The smallest absolute Gasteiger partial charge is 0.337 e. The van der Waals surface area contributed by atoms with Crippen LogP contribution in [-0.4, -0.2) is 57.2 Å². The van der Waals surface area contributed by atoms with Crippen LogP contribution in [0.4, 0.5) is 5.13 Å². The summed E-state index contributed by atoms with van der Waals surface area (Å²) >= 11 is 7.58. The van der Waals surface area contributed by atoms with Gasteiger partial charge in [-0.1, -0.05) is 54.5 Å². The Bertz CT molecular complexity index is 1900. The van der Waals surface area contributed by atoms with Gasteiger partial charge >= 0.3 is 5.97 Å². The van der Waals surface area contributed by atoms with E-state index in [0.29, 0.717) is 46.6 Å². The van der Waals surface area contributed by atoms with Crippen LogP contribution in [-0.2, 0) is 21.4 Å². The Morgan fingerprint density at radius 1 is 1.16 bits per heavy atom. The summed E-state index contributed by atoms with van der Waals surface area (Å²) in [4.78, 5) is 37.5. The molecule has 9 nitrogen and oxygen atoms in total. The molecule has 0 radical (unpaired) electrons. The number of fused-ring (bicyclic) bond motifs is 2. The van der Waals surface area contributed by atoms with Crippen LogP contribution < -0.4 is 4.90 Å². The molecular weight excluding hydrogens is 586 g/mol. The number of rotatable bonds is 9. The number of carbonyl (C=O) groups excluding carboxylic acids is 1. The molecule has 1 aliphatic rings. The number of nitrogens with zero attached hydrogens (tertiary/aromatic N) is 5. The van der Waals surface area contributed by atoms with Gasteiger partial charge in [-0.2, -0.15) is 5.10 Å². The molecule has 6 rings (SSSR count). The maximum Gasteiger partial charge on any atom is 0.337 e. The van der Waals surface area contributed by atoms with Gasteiger partial charge in [0.15, 0.2) is 11.2 Å². The summed E-state index contributed by atoms with van der Waals surface area (Å²) in [6.45, 7) is 5.05. The first-order valence-electron chi connectivity index (χ1n) is 14.1. The van der Waals surface area contributed by atoms with E-state index in [-0.39, 0.29) is 5.91 Å². The van der Waals surface area contributed by atoms with Crippen molar-refractivity contribution in [2.24, 2.45) is 12.0 Å². The quantitative estimate of drug-likeness (QED) is 0.187. The van der Waals surface area contributed by atoms with Crippen molar-refractivity contribution in [2.75, 3.05) is 24.6 Å². The monoisotopic (exact) mass is 615 g/mol. The molecule has 3 heterocycles. The van der Waals surface area contributed by atoms with Gasteiger partial charge in [0.05, 0.1) is 28.5 Å². The van der Waals surface area contributed by atoms with E-state index >= 15 is 0 Å². The zero-order chi connectivity index (χ0) is 30.2. The molecule has 0 fully saturated rings. The van der Waals surface area contributed by atoms with Gasteiger partial charge in [0.1, 0.15) is 5.71 Å². The molecule has 3 aromatic carbocycles. The SMILES string of the molecule is CCCCOC(C(=O)O)c1c(C)cc2nc(N3CCN=C(c4ccc5c(cnn5C)c4)C3=O)sc2c1-c1ccc(Cl)cc1. The first-order valence-corrected chi connectivity index (χ1v) is 15.3. The van der Waals surface area contributed by atoms with Crippen molar-refractivity contribution >= 4 is 66.8 Å². The highest BCUT2D eigenvalue weighted by Gasteiger charge is 2.32. The number of anilines is 1. The molecule has 0 saturated heterocycles. The maximum atomic E-state index is 13.8. The first-order chi connectivity index (χ1) is 20.8. The number of hydrogen-bond donors (Lipinski definition) is 1. The minimum atomic E-state index is -1.16. The van der Waals surface area contributed by atoms with Crippen molar-refractivity contribution in [1.29, 1.82) is 0 Å². The molecule has 0 bridgehead atoms. The summed E-state index contributed by atoms with van der Waals surface area (Å²) in [6, 6.07) is 14.9. The Morgan fingerprint density at radius 3 is 2.67 bits per heavy atom. The summed E-state index contributed by atoms with van der Waals surface area (Å²) in [5.41, 5.74) is 5.59. The summed E-state index contributed by atoms with van der Waals surface area (Å²) in [7, 11) is 1.88. The first kappa shape index (κ1) is 29.0. The highest BCUT2D eigenvalue weighted by molar-refractivity contribution is 7.23. The summed E-state index contributed by atoms with van der Waals surface area (Å²) in [5, 5.41) is 16.6. The minimum Gasteiger partial charge on any atom is -0.479 e. The lowest BCUT2D eigenvalue weighted by Crippen LogP contribution is -2.42. The molecule has 11 heteroatoms. The van der Waals surface area contributed by atoms with Crippen molar-refractivity contribution in [2.45, 2.75) is 32.8 Å². The van der Waals surface area contributed by atoms with E-state index in [1.165, 1.54) is 11.3 Å². The van der Waals surface area contributed by atoms with Crippen LogP contribution in [0.5, 0.6) is 0 Å². The van der Waals surface area contributed by atoms with Gasteiger partial charge in [-0.3, -0.25) is 19.4 Å². The second-order valence-electron chi connectivity index (χ2n) is 10.5. The van der Waals surface area contributed by atoms with Crippen molar-refractivity contribution in [1.82, 2.24) is 14.8 Å². The fraction of sp³-hybridized carbons (Fsp3) is 0.281. The summed E-state index contributed by atoms with van der Waals surface area (Å²) in [6.07, 6.45) is 2.25. The van der Waals surface area contributed by atoms with Gasteiger partial charge in [-0.25, -0.2) is 9.78 Å². The van der Waals surface area contributed by atoms with Gasteiger partial charge in [-0.05, 0) is 54.8 Å². The number of amides is 1. The molecule has 1 N–H and O–H groups in total. The zero-order valence-corrected chi connectivity index (χ0v) is 25.6. The topological polar surface area (TPSA) is 110 Å². The van der Waals surface area contributed by atoms with Crippen LogP contribution in [0.25, 0.3) is 32.2 Å². The third-order valence-corrected chi connectivity index (χ3v) is 8.97. The number of aliphatic imine (C=N–C) groups is 1. The fourth-order valence-electron chi connectivity index (χ4n) is 5.45. The average Bonchev–Trinajstić information content (AvgIpc) is 3.58. The Kier molecular flexibility index (Phi) is 8.00. The standard InChI is InChI=1S/C32H30ClN5O4S/c1-4-5-14-42-28(31(40)41)25-18(2)15-23-29(26(25)19-6-9-22(33)10-7-19)43-32(36-23)38-13-12-34-27(30(38)39)20-8-11-24-21(16-20)17-35-37(24)3/h6-11,15-17,28H,4-5,12-14H2,1-3H3,(H,40,41). The van der Waals surface area contributed by atoms with E-state index in [9.17, 15) is 14.7 Å². The lowest BCUT2D eigenvalue weighted by atomic mass is 9.91. The Hall–Kier alpha value is -4.12. The summed E-state index contributed by atoms with van der Waals surface area (Å²) < 4.78 is 8.52. The van der Waals surface area contributed by atoms with Gasteiger partial charge in [0, 0.05) is 47.3 Å². The number of aryl methyl sites for hydroxylation is 2. The van der Waals surface area contributed by atoms with Crippen molar-refractivity contribution in [3.05, 3.63) is 76.4 Å². The second-order valence-corrected chi connectivity index (χ2v) is 11.9. The van der Waals surface area contributed by atoms with Crippen molar-refractivity contribution in [3.63, 3.8) is 0 Å². The molecular formula is C32H30ClN5O4S. The van der Waals surface area contributed by atoms with Gasteiger partial charge in [0.2, 0.25) is 0 Å². The predicted octanol–water partition coefficient (Wildman–Crippen LogP) is 6.59. The number of hydrogen-bond acceptors (Lipinski definition) is 7. The normalized spacial score (nSPS) is 14.5. The molecule has 1 unspecified atom stereocenters. The lowest BCUT2D eigenvalue weighted by molar-refractivity contribution is -0.151. The molecule has 1 amide bonds. The molecule has 5 aromatic rings. The number of carbonyl (C=O) groups is 2. The summed E-state index contributed by atoms with van der Waals surface area (Å²) in [5.74, 6) is -1.29. The number of benzene rings is 3. The number of thiazole rings is 1. The Morgan fingerprint density at radius 2 is 1.93 bits per heavy atom. The number of aliphatic carboxylic acids is 1. The van der Waals surface area contributed by atoms with Crippen molar-refractivity contribution < 1.29 is 19.4 Å². The molecule has 1 atom stereocenters. The maximum absolute atomic E-state index is 13.8. The van der Waals surface area contributed by atoms with Crippen LogP contribution in [0, 0.1) is 6.92 Å². The molecule has 0 spiro atoms. The van der Waals surface area contributed by atoms with Gasteiger partial charge in [-0.15, -0.1) is 0 Å². The zero-order valence-electron chi connectivity index (χ0n) is 24.0. The third kappa shape index (κ3) is 5.42. The van der Waals surface area contributed by atoms with Crippen molar-refractivity contribution in [3.8, 4) is 11.1 Å². The number of halogens is 1. The molecule has 0 aliphatic carbocycles. The highest BCUT2D eigenvalue weighted by atomic mass is 35.5. The number of ether oxygens (including phenoxy) is 1. The van der Waals surface area contributed by atoms with E-state index < -0.39 is 12.1 Å². The van der Waals surface area contributed by atoms with E-state index in [2.05, 4.69) is 10.1 Å². The van der Waals surface area contributed by atoms with E-state index in [1.807, 2.05) is 57.3 Å². The highest BCUT2D eigenvalue weighted by Crippen LogP contribution is 2.44. The van der Waals surface area contributed by atoms with Gasteiger partial charge < -0.3 is 9.84 Å². The third-order valence-electron chi connectivity index (χ3n) is 7.61. The number of unbranched alkanes of at least 4 members (excludes halogenated alkanes) is 1. The van der Waals surface area contributed by atoms with Crippen LogP contribution in [0.2, 0.25) is 5.02 Å². The lowest BCUT2D eigenvalue weighted by Gasteiger charge is -2.24. The predicted molar refractivity (Wildman–Crippen MR) is 171 cm³/mol. The van der Waals surface area contributed by atoms with Gasteiger partial charge in [0.25, 0.3) is 5.91 Å². The molecule has 2 aromatic heterocycles. The largest absolute Gasteiger partial charge is 0.479 e. The Balaban J connectivity index is 1.45. The molecule has 220 valence electrons. The number of carboxylic acid groups (broad SMARTS) is 1.